The lowest BCUT2D eigenvalue weighted by molar-refractivity contribution is 0.669. The summed E-state index contributed by atoms with van der Waals surface area (Å²) < 4.78 is 0. The Morgan fingerprint density at radius 3 is 2.15 bits per heavy atom. The molecule has 2 aromatic rings. The topological polar surface area (TPSA) is 29.0 Å². The van der Waals surface area contributed by atoms with Gasteiger partial charge in [0, 0.05) is 23.9 Å². The number of halogens is 1. The number of nitrogens with zero attached hydrogens (tertiary/aromatic N) is 3. The molecule has 0 radical (unpaired) electrons. The average molecular weight is 288 g/mol. The molecule has 0 unspecified atom stereocenters. The highest BCUT2D eigenvalue weighted by Gasteiger charge is 2.30. The smallest absolute Gasteiger partial charge is 0.159 e. The van der Waals surface area contributed by atoms with E-state index >= 15 is 0 Å². The molecule has 1 aromatic heterocycles. The molecular weight excluding hydrogens is 270 g/mol. The zero-order valence-electron chi connectivity index (χ0n) is 11.4. The largest absolute Gasteiger partial charge is 0.354 e. The van der Waals surface area contributed by atoms with Gasteiger partial charge in [-0.05, 0) is 37.5 Å². The summed E-state index contributed by atoms with van der Waals surface area (Å²) in [5.41, 5.74) is 0. The van der Waals surface area contributed by atoms with Gasteiger partial charge in [0.1, 0.15) is 0 Å². The second-order valence-electron chi connectivity index (χ2n) is 6.15. The van der Waals surface area contributed by atoms with Crippen molar-refractivity contribution < 1.29 is 0 Å². The minimum absolute atomic E-state index is 0.502. The number of hydrogen-bond acceptors (Lipinski definition) is 3. The number of fused-ring (bicyclic) bond motifs is 1. The van der Waals surface area contributed by atoms with Crippen LogP contribution in [0.4, 0.5) is 5.82 Å². The Morgan fingerprint density at radius 2 is 1.55 bits per heavy atom. The van der Waals surface area contributed by atoms with Crippen LogP contribution in [0.5, 0.6) is 0 Å². The van der Waals surface area contributed by atoms with Crippen LogP contribution in [-0.4, -0.2) is 23.3 Å². The number of benzene rings is 1. The van der Waals surface area contributed by atoms with Crippen molar-refractivity contribution in [3.8, 4) is 0 Å². The zero-order chi connectivity index (χ0) is 13.5. The molecule has 0 saturated heterocycles. The van der Waals surface area contributed by atoms with Crippen molar-refractivity contribution in [3.63, 3.8) is 0 Å². The molecule has 0 bridgehead atoms. The molecule has 1 heterocycles. The van der Waals surface area contributed by atoms with E-state index < -0.39 is 0 Å². The monoisotopic (exact) mass is 287 g/mol. The molecule has 4 rings (SSSR count). The first-order valence-corrected chi connectivity index (χ1v) is 7.85. The standard InChI is InChI=1S/C16H18ClN3/c17-15-13-3-1-2-4-14(13)16(19-18-15)20(9-11-5-6-11)10-12-7-8-12/h1-4,11-12H,5-10H2. The van der Waals surface area contributed by atoms with E-state index in [4.69, 9.17) is 11.6 Å². The molecule has 0 spiro atoms. The Balaban J connectivity index is 1.74. The second-order valence-corrected chi connectivity index (χ2v) is 6.51. The number of hydrogen-bond donors (Lipinski definition) is 0. The molecule has 2 aliphatic carbocycles. The predicted octanol–water partition coefficient (Wildman–Crippen LogP) is 3.91. The van der Waals surface area contributed by atoms with Crippen molar-refractivity contribution in [2.45, 2.75) is 25.7 Å². The molecule has 4 heteroatoms. The van der Waals surface area contributed by atoms with Crippen molar-refractivity contribution >= 4 is 28.2 Å². The van der Waals surface area contributed by atoms with Crippen LogP contribution >= 0.6 is 11.6 Å². The lowest BCUT2D eigenvalue weighted by atomic mass is 10.1. The molecule has 0 N–H and O–H groups in total. The van der Waals surface area contributed by atoms with Crippen LogP contribution in [0.1, 0.15) is 25.7 Å². The van der Waals surface area contributed by atoms with E-state index in [1.807, 2.05) is 12.1 Å². The van der Waals surface area contributed by atoms with Crippen molar-refractivity contribution in [1.82, 2.24) is 10.2 Å². The third kappa shape index (κ3) is 2.47. The van der Waals surface area contributed by atoms with E-state index in [0.717, 1.165) is 41.5 Å². The van der Waals surface area contributed by atoms with Gasteiger partial charge in [0.2, 0.25) is 0 Å². The van der Waals surface area contributed by atoms with Crippen LogP contribution in [0.25, 0.3) is 10.8 Å². The molecule has 3 nitrogen and oxygen atoms in total. The Hall–Kier alpha value is -1.35. The van der Waals surface area contributed by atoms with Crippen molar-refractivity contribution in [1.29, 1.82) is 0 Å². The summed E-state index contributed by atoms with van der Waals surface area (Å²) in [6.07, 6.45) is 5.44. The van der Waals surface area contributed by atoms with Crippen LogP contribution in [0.2, 0.25) is 5.15 Å². The molecule has 0 aliphatic heterocycles. The normalized spacial score (nSPS) is 18.4. The van der Waals surface area contributed by atoms with Gasteiger partial charge in [-0.15, -0.1) is 10.2 Å². The SMILES string of the molecule is Clc1nnc(N(CC2CC2)CC2CC2)c2ccccc12. The third-order valence-electron chi connectivity index (χ3n) is 4.27. The highest BCUT2D eigenvalue weighted by atomic mass is 35.5. The molecule has 0 amide bonds. The fourth-order valence-electron chi connectivity index (χ4n) is 2.76. The van der Waals surface area contributed by atoms with Crippen LogP contribution in [-0.2, 0) is 0 Å². The molecule has 1 aromatic carbocycles. The van der Waals surface area contributed by atoms with Gasteiger partial charge in [0.05, 0.1) is 0 Å². The first-order valence-electron chi connectivity index (χ1n) is 7.47. The summed E-state index contributed by atoms with van der Waals surface area (Å²) in [6, 6.07) is 8.20. The van der Waals surface area contributed by atoms with Gasteiger partial charge in [-0.2, -0.15) is 0 Å². The summed E-state index contributed by atoms with van der Waals surface area (Å²) in [7, 11) is 0. The number of aromatic nitrogens is 2. The fourth-order valence-corrected chi connectivity index (χ4v) is 2.96. The Bertz CT molecular complexity index is 621. The molecule has 0 atom stereocenters. The highest BCUT2D eigenvalue weighted by Crippen LogP contribution is 2.37. The summed E-state index contributed by atoms with van der Waals surface area (Å²) in [5, 5.41) is 11.2. The van der Waals surface area contributed by atoms with Crippen LogP contribution in [0.3, 0.4) is 0 Å². The minimum Gasteiger partial charge on any atom is -0.354 e. The number of rotatable bonds is 5. The third-order valence-corrected chi connectivity index (χ3v) is 4.55. The van der Waals surface area contributed by atoms with E-state index in [0.29, 0.717) is 5.15 Å². The average Bonchev–Trinajstić information content (AvgIpc) is 3.35. The van der Waals surface area contributed by atoms with Gasteiger partial charge in [-0.1, -0.05) is 35.9 Å². The summed E-state index contributed by atoms with van der Waals surface area (Å²) in [6.45, 7) is 2.24. The van der Waals surface area contributed by atoms with Crippen LogP contribution in [0, 0.1) is 11.8 Å². The van der Waals surface area contributed by atoms with Gasteiger partial charge in [0.15, 0.2) is 11.0 Å². The summed E-state index contributed by atoms with van der Waals surface area (Å²) in [4.78, 5) is 2.45. The minimum atomic E-state index is 0.502. The second kappa shape index (κ2) is 4.88. The van der Waals surface area contributed by atoms with Gasteiger partial charge in [0.25, 0.3) is 0 Å². The summed E-state index contributed by atoms with van der Waals surface area (Å²) >= 11 is 6.18. The molecule has 20 heavy (non-hydrogen) atoms. The maximum absolute atomic E-state index is 6.18. The first-order chi connectivity index (χ1) is 9.81. The molecule has 2 saturated carbocycles. The number of anilines is 1. The van der Waals surface area contributed by atoms with Crippen LogP contribution < -0.4 is 4.90 Å². The van der Waals surface area contributed by atoms with Gasteiger partial charge in [-0.3, -0.25) is 0 Å². The van der Waals surface area contributed by atoms with E-state index in [9.17, 15) is 0 Å². The maximum Gasteiger partial charge on any atom is 0.159 e. The van der Waals surface area contributed by atoms with Crippen LogP contribution in [0.15, 0.2) is 24.3 Å². The lowest BCUT2D eigenvalue weighted by Crippen LogP contribution is -2.29. The van der Waals surface area contributed by atoms with Crippen molar-refractivity contribution in [3.05, 3.63) is 29.4 Å². The fraction of sp³-hybridized carbons (Fsp3) is 0.500. The molecular formula is C16H18ClN3. The lowest BCUT2D eigenvalue weighted by Gasteiger charge is -2.24. The van der Waals surface area contributed by atoms with E-state index in [2.05, 4.69) is 27.2 Å². The van der Waals surface area contributed by atoms with E-state index in [1.165, 1.54) is 25.7 Å². The first kappa shape index (κ1) is 12.4. The Kier molecular flexibility index (Phi) is 3.03. The summed E-state index contributed by atoms with van der Waals surface area (Å²) in [5.74, 6) is 2.72. The maximum atomic E-state index is 6.18. The highest BCUT2D eigenvalue weighted by molar-refractivity contribution is 6.34. The Morgan fingerprint density at radius 1 is 0.950 bits per heavy atom. The molecule has 104 valence electrons. The van der Waals surface area contributed by atoms with E-state index in [-0.39, 0.29) is 0 Å². The molecule has 2 fully saturated rings. The quantitative estimate of drug-likeness (QED) is 0.835. The predicted molar refractivity (Wildman–Crippen MR) is 82.2 cm³/mol. The van der Waals surface area contributed by atoms with E-state index in [1.54, 1.807) is 0 Å². The van der Waals surface area contributed by atoms with Gasteiger partial charge >= 0.3 is 0 Å². The zero-order valence-corrected chi connectivity index (χ0v) is 12.2. The van der Waals surface area contributed by atoms with Crippen molar-refractivity contribution in [2.24, 2.45) is 11.8 Å². The Labute approximate surface area is 123 Å². The van der Waals surface area contributed by atoms with Gasteiger partial charge < -0.3 is 4.90 Å². The van der Waals surface area contributed by atoms with Gasteiger partial charge in [-0.25, -0.2) is 0 Å². The van der Waals surface area contributed by atoms with Crippen molar-refractivity contribution in [2.75, 3.05) is 18.0 Å². The molecule has 2 aliphatic rings.